The van der Waals surface area contributed by atoms with Crippen molar-refractivity contribution in [3.63, 3.8) is 0 Å². The second-order valence-corrected chi connectivity index (χ2v) is 5.65. The first kappa shape index (κ1) is 15.0. The molecule has 0 amide bonds. The van der Waals surface area contributed by atoms with E-state index < -0.39 is 0 Å². The van der Waals surface area contributed by atoms with E-state index in [4.69, 9.17) is 0 Å². The molecule has 8 heteroatoms. The van der Waals surface area contributed by atoms with Crippen LogP contribution in [-0.4, -0.2) is 30.4 Å². The van der Waals surface area contributed by atoms with E-state index in [0.29, 0.717) is 16.7 Å². The highest BCUT2D eigenvalue weighted by Crippen LogP contribution is 2.26. The van der Waals surface area contributed by atoms with Gasteiger partial charge in [0.15, 0.2) is 17.1 Å². The molecule has 0 aliphatic heterocycles. The molecule has 0 fully saturated rings. The zero-order valence-electron chi connectivity index (χ0n) is 13.3. The standard InChI is InChI=1S/C17H14N6O2/c1-9-3-2-4-11-14(9)19-16-15(11)21-23-17(20-16)22-18-8-10-5-6-12(24)13(25)7-10/h2-7,24-25H,8H2,1H3,(H,19,20,23). The molecule has 0 atom stereocenters. The van der Waals surface area contributed by atoms with Crippen molar-refractivity contribution in [2.45, 2.75) is 13.5 Å². The van der Waals surface area contributed by atoms with Gasteiger partial charge in [-0.05, 0) is 30.2 Å². The number of rotatable bonds is 3. The van der Waals surface area contributed by atoms with Crippen LogP contribution in [-0.2, 0) is 6.54 Å². The summed E-state index contributed by atoms with van der Waals surface area (Å²) in [6.07, 6.45) is 0. The normalized spacial score (nSPS) is 11.7. The van der Waals surface area contributed by atoms with Crippen molar-refractivity contribution < 1.29 is 10.2 Å². The van der Waals surface area contributed by atoms with Crippen LogP contribution >= 0.6 is 0 Å². The first-order valence-corrected chi connectivity index (χ1v) is 7.62. The number of nitrogens with zero attached hydrogens (tertiary/aromatic N) is 5. The largest absolute Gasteiger partial charge is 0.504 e. The lowest BCUT2D eigenvalue weighted by atomic mass is 10.1. The molecular formula is C17H14N6O2. The van der Waals surface area contributed by atoms with Crippen molar-refractivity contribution >= 4 is 28.0 Å². The molecule has 8 nitrogen and oxygen atoms in total. The molecule has 0 aliphatic carbocycles. The molecule has 2 heterocycles. The van der Waals surface area contributed by atoms with Crippen LogP contribution in [0.4, 0.5) is 5.95 Å². The van der Waals surface area contributed by atoms with E-state index in [0.717, 1.165) is 16.5 Å². The Morgan fingerprint density at radius 3 is 2.80 bits per heavy atom. The summed E-state index contributed by atoms with van der Waals surface area (Å²) in [7, 11) is 0. The van der Waals surface area contributed by atoms with Crippen molar-refractivity contribution in [2.75, 3.05) is 0 Å². The number of aromatic amines is 1. The minimum absolute atomic E-state index is 0.153. The highest BCUT2D eigenvalue weighted by molar-refractivity contribution is 6.04. The van der Waals surface area contributed by atoms with Gasteiger partial charge >= 0.3 is 0 Å². The monoisotopic (exact) mass is 334 g/mol. The maximum Gasteiger partial charge on any atom is 0.289 e. The highest BCUT2D eigenvalue weighted by Gasteiger charge is 2.10. The van der Waals surface area contributed by atoms with Gasteiger partial charge in [0.25, 0.3) is 5.95 Å². The number of para-hydroxylation sites is 1. The van der Waals surface area contributed by atoms with Gasteiger partial charge in [-0.25, -0.2) is 0 Å². The summed E-state index contributed by atoms with van der Waals surface area (Å²) in [6, 6.07) is 10.4. The Bertz CT molecular complexity index is 1120. The van der Waals surface area contributed by atoms with E-state index in [1.54, 1.807) is 6.07 Å². The van der Waals surface area contributed by atoms with Crippen LogP contribution in [0.25, 0.3) is 22.1 Å². The minimum Gasteiger partial charge on any atom is -0.504 e. The van der Waals surface area contributed by atoms with E-state index in [9.17, 15) is 10.2 Å². The Morgan fingerprint density at radius 2 is 1.96 bits per heavy atom. The third kappa shape index (κ3) is 2.74. The number of azo groups is 1. The summed E-state index contributed by atoms with van der Waals surface area (Å²) < 4.78 is 0. The molecule has 3 N–H and O–H groups in total. The Balaban J connectivity index is 1.62. The number of phenols is 2. The van der Waals surface area contributed by atoms with Crippen molar-refractivity contribution in [1.29, 1.82) is 0 Å². The molecule has 0 spiro atoms. The number of phenolic OH excluding ortho intramolecular Hbond substituents is 2. The summed E-state index contributed by atoms with van der Waals surface area (Å²) >= 11 is 0. The van der Waals surface area contributed by atoms with E-state index in [1.807, 2.05) is 25.1 Å². The van der Waals surface area contributed by atoms with Gasteiger partial charge in [0.05, 0.1) is 12.1 Å². The quantitative estimate of drug-likeness (QED) is 0.391. The van der Waals surface area contributed by atoms with E-state index in [-0.39, 0.29) is 24.0 Å². The topological polar surface area (TPSA) is 120 Å². The SMILES string of the molecule is Cc1cccc2c1[nH]c1nc(N=NCc3ccc(O)c(O)c3)nnc12. The number of hydrogen-bond donors (Lipinski definition) is 3. The minimum atomic E-state index is -0.194. The number of aromatic nitrogens is 4. The van der Waals surface area contributed by atoms with Gasteiger partial charge in [-0.1, -0.05) is 24.3 Å². The van der Waals surface area contributed by atoms with Gasteiger partial charge in [-0.15, -0.1) is 15.3 Å². The highest BCUT2D eigenvalue weighted by atomic mass is 16.3. The summed E-state index contributed by atoms with van der Waals surface area (Å²) in [5, 5.41) is 35.9. The molecule has 0 radical (unpaired) electrons. The van der Waals surface area contributed by atoms with Crippen LogP contribution in [0.2, 0.25) is 0 Å². The Kier molecular flexibility index (Phi) is 3.50. The molecule has 2 aromatic carbocycles. The molecule has 0 saturated heterocycles. The van der Waals surface area contributed by atoms with Gasteiger partial charge in [0.1, 0.15) is 5.52 Å². The third-order valence-electron chi connectivity index (χ3n) is 3.90. The fourth-order valence-electron chi connectivity index (χ4n) is 2.63. The third-order valence-corrected chi connectivity index (χ3v) is 3.90. The molecule has 0 bridgehead atoms. The molecule has 4 aromatic rings. The van der Waals surface area contributed by atoms with Crippen LogP contribution in [0.3, 0.4) is 0 Å². The van der Waals surface area contributed by atoms with Crippen molar-refractivity contribution in [2.24, 2.45) is 10.2 Å². The second-order valence-electron chi connectivity index (χ2n) is 5.65. The maximum absolute atomic E-state index is 9.47. The molecule has 2 aromatic heterocycles. The lowest BCUT2D eigenvalue weighted by molar-refractivity contribution is 0.403. The first-order chi connectivity index (χ1) is 12.1. The summed E-state index contributed by atoms with van der Waals surface area (Å²) in [5.41, 5.74) is 4.09. The van der Waals surface area contributed by atoms with Crippen LogP contribution in [0, 0.1) is 6.92 Å². The van der Waals surface area contributed by atoms with Crippen LogP contribution in [0.1, 0.15) is 11.1 Å². The van der Waals surface area contributed by atoms with E-state index in [1.165, 1.54) is 12.1 Å². The van der Waals surface area contributed by atoms with Crippen molar-refractivity contribution in [3.05, 3.63) is 47.5 Å². The molecule has 0 unspecified atom stereocenters. The number of nitrogens with one attached hydrogen (secondary N) is 1. The molecule has 4 rings (SSSR count). The average Bonchev–Trinajstić information content (AvgIpc) is 2.97. The Hall–Kier alpha value is -3.55. The number of fused-ring (bicyclic) bond motifs is 3. The molecule has 0 aliphatic rings. The fraction of sp³-hybridized carbons (Fsp3) is 0.118. The second kappa shape index (κ2) is 5.82. The average molecular weight is 334 g/mol. The molecular weight excluding hydrogens is 320 g/mol. The fourth-order valence-corrected chi connectivity index (χ4v) is 2.63. The van der Waals surface area contributed by atoms with E-state index in [2.05, 4.69) is 30.4 Å². The number of aryl methyl sites for hydroxylation is 1. The van der Waals surface area contributed by atoms with Gasteiger partial charge < -0.3 is 15.2 Å². The summed E-state index contributed by atoms with van der Waals surface area (Å²) in [4.78, 5) is 7.57. The lowest BCUT2D eigenvalue weighted by Crippen LogP contribution is -1.87. The van der Waals surface area contributed by atoms with Gasteiger partial charge in [0.2, 0.25) is 0 Å². The summed E-state index contributed by atoms with van der Waals surface area (Å²) in [6.45, 7) is 2.24. The van der Waals surface area contributed by atoms with Gasteiger partial charge in [0, 0.05) is 5.39 Å². The van der Waals surface area contributed by atoms with Gasteiger partial charge in [-0.3, -0.25) is 0 Å². The van der Waals surface area contributed by atoms with Crippen LogP contribution in [0.5, 0.6) is 11.5 Å². The maximum atomic E-state index is 9.47. The van der Waals surface area contributed by atoms with Crippen LogP contribution in [0.15, 0.2) is 46.6 Å². The number of H-pyrrole nitrogens is 1. The predicted molar refractivity (Wildman–Crippen MR) is 91.9 cm³/mol. The lowest BCUT2D eigenvalue weighted by Gasteiger charge is -1.99. The summed E-state index contributed by atoms with van der Waals surface area (Å²) in [5.74, 6) is -0.215. The number of aromatic hydroxyl groups is 2. The molecule has 0 saturated carbocycles. The van der Waals surface area contributed by atoms with Crippen molar-refractivity contribution in [3.8, 4) is 11.5 Å². The first-order valence-electron chi connectivity index (χ1n) is 7.62. The zero-order chi connectivity index (χ0) is 17.4. The molecule has 25 heavy (non-hydrogen) atoms. The predicted octanol–water partition coefficient (Wildman–Crippen LogP) is 3.51. The number of benzene rings is 2. The smallest absolute Gasteiger partial charge is 0.289 e. The number of hydrogen-bond acceptors (Lipinski definition) is 7. The Morgan fingerprint density at radius 1 is 1.08 bits per heavy atom. The van der Waals surface area contributed by atoms with Crippen LogP contribution < -0.4 is 0 Å². The Labute approximate surface area is 141 Å². The molecule has 124 valence electrons. The van der Waals surface area contributed by atoms with Gasteiger partial charge in [-0.2, -0.15) is 10.1 Å². The van der Waals surface area contributed by atoms with E-state index >= 15 is 0 Å². The van der Waals surface area contributed by atoms with Crippen molar-refractivity contribution in [1.82, 2.24) is 20.2 Å². The zero-order valence-corrected chi connectivity index (χ0v) is 13.3.